The summed E-state index contributed by atoms with van der Waals surface area (Å²) in [6.45, 7) is 15.8. The highest BCUT2D eigenvalue weighted by Crippen LogP contribution is 2.53. The van der Waals surface area contributed by atoms with Gasteiger partial charge in [-0.05, 0) is 137 Å². The van der Waals surface area contributed by atoms with Gasteiger partial charge in [-0.3, -0.25) is 4.99 Å². The van der Waals surface area contributed by atoms with Crippen LogP contribution < -0.4 is 5.73 Å². The van der Waals surface area contributed by atoms with E-state index in [-0.39, 0.29) is 11.5 Å². The maximum atomic E-state index is 5.50. The summed E-state index contributed by atoms with van der Waals surface area (Å²) in [7, 11) is 0. The number of hydrogen-bond acceptors (Lipinski definition) is 2. The first-order chi connectivity index (χ1) is 29.7. The van der Waals surface area contributed by atoms with Gasteiger partial charge in [-0.25, -0.2) is 0 Å². The van der Waals surface area contributed by atoms with Gasteiger partial charge in [0.2, 0.25) is 0 Å². The van der Waals surface area contributed by atoms with E-state index in [1.165, 1.54) is 100 Å². The topological polar surface area (TPSA) is 43.3 Å². The van der Waals surface area contributed by atoms with Crippen molar-refractivity contribution in [1.82, 2.24) is 4.57 Å². The van der Waals surface area contributed by atoms with E-state index < -0.39 is 5.41 Å². The minimum absolute atomic E-state index is 0.152. The summed E-state index contributed by atoms with van der Waals surface area (Å²) >= 11 is 0. The van der Waals surface area contributed by atoms with Crippen molar-refractivity contribution in [2.45, 2.75) is 57.9 Å². The SMILES string of the molecule is C=C/C=C1/Cc2cccc(C3(C)\C=C/C=C\C=C\C3N=C/C=C/C=C\C=C/N)c2/C1=C/n1c2ccccc2c2cc3c(cc21)C(C)(C)c1cc(C)c(-c2ccccc2C)cc1-3. The van der Waals surface area contributed by atoms with Gasteiger partial charge in [-0.2, -0.15) is 0 Å². The molecule has 6 aromatic rings. The molecule has 300 valence electrons. The van der Waals surface area contributed by atoms with Crippen LogP contribution in [0.2, 0.25) is 0 Å². The van der Waals surface area contributed by atoms with Crippen molar-refractivity contribution < 1.29 is 0 Å². The molecule has 0 saturated carbocycles. The zero-order chi connectivity index (χ0) is 42.3. The van der Waals surface area contributed by atoms with Crippen LogP contribution in [-0.4, -0.2) is 16.8 Å². The Kier molecular flexibility index (Phi) is 10.3. The molecular formula is C58H53N3. The Morgan fingerprint density at radius 1 is 0.689 bits per heavy atom. The van der Waals surface area contributed by atoms with Gasteiger partial charge in [0.25, 0.3) is 0 Å². The number of nitrogens with zero attached hydrogens (tertiary/aromatic N) is 2. The molecule has 2 atom stereocenters. The average molecular weight is 792 g/mol. The fraction of sp³-hybridized carbons (Fsp3) is 0.155. The number of hydrogen-bond donors (Lipinski definition) is 1. The van der Waals surface area contributed by atoms with Crippen molar-refractivity contribution in [2.24, 2.45) is 10.7 Å². The molecule has 1 heterocycles. The first-order valence-corrected chi connectivity index (χ1v) is 21.4. The second-order valence-electron chi connectivity index (χ2n) is 17.3. The standard InChI is InChI=1S/C58H53N3/c1-7-22-41-34-42-24-21-27-50(58(6)30-18-10-9-13-29-55(58)60-32-20-12-8-11-19-31-59)56(42)49(41)38-61-53-28-17-16-26-44(53)48-36-47-46-35-45(43-25-15-14-23-39(43)2)40(3)33-51(46)57(4,5)52(47)37-54(48)61/h7-33,35-38,55H,1,34,59H2,2-6H3/b10-9-,11-8-,20-12+,29-13+,30-18-,31-19-,41-22-,49-38+,60-32?. The van der Waals surface area contributed by atoms with Crippen molar-refractivity contribution in [3.63, 3.8) is 0 Å². The molecular weight excluding hydrogens is 739 g/mol. The highest BCUT2D eigenvalue weighted by Gasteiger charge is 2.39. The first-order valence-electron chi connectivity index (χ1n) is 21.4. The van der Waals surface area contributed by atoms with Crippen molar-refractivity contribution in [2.75, 3.05) is 0 Å². The van der Waals surface area contributed by atoms with Crippen molar-refractivity contribution >= 4 is 39.8 Å². The van der Waals surface area contributed by atoms with Crippen LogP contribution in [0.25, 0.3) is 55.8 Å². The number of aliphatic imine (C=N–C) groups is 1. The fourth-order valence-electron chi connectivity index (χ4n) is 9.98. The Labute approximate surface area is 361 Å². The lowest BCUT2D eigenvalue weighted by molar-refractivity contribution is 0.526. The molecule has 2 N–H and O–H groups in total. The van der Waals surface area contributed by atoms with Crippen molar-refractivity contribution in [1.29, 1.82) is 0 Å². The maximum absolute atomic E-state index is 5.50. The Morgan fingerprint density at radius 2 is 1.44 bits per heavy atom. The van der Waals surface area contributed by atoms with Crippen LogP contribution in [0.4, 0.5) is 0 Å². The lowest BCUT2D eigenvalue weighted by atomic mass is 9.72. The van der Waals surface area contributed by atoms with E-state index in [0.717, 1.165) is 6.42 Å². The molecule has 3 nitrogen and oxygen atoms in total. The van der Waals surface area contributed by atoms with Gasteiger partial charge in [-0.1, -0.05) is 154 Å². The van der Waals surface area contributed by atoms with Gasteiger partial charge >= 0.3 is 0 Å². The van der Waals surface area contributed by atoms with E-state index in [1.54, 1.807) is 6.08 Å². The number of nitrogens with two attached hydrogens (primary N) is 1. The monoisotopic (exact) mass is 791 g/mol. The minimum Gasteiger partial charge on any atom is -0.405 e. The van der Waals surface area contributed by atoms with E-state index in [9.17, 15) is 0 Å². The number of aryl methyl sites for hydroxylation is 2. The quantitative estimate of drug-likeness (QED) is 0.121. The molecule has 0 amide bonds. The molecule has 0 spiro atoms. The Morgan fingerprint density at radius 3 is 2.28 bits per heavy atom. The molecule has 3 aliphatic rings. The summed E-state index contributed by atoms with van der Waals surface area (Å²) in [6.07, 6.45) is 33.4. The Bertz CT molecular complexity index is 3030. The van der Waals surface area contributed by atoms with Crippen LogP contribution >= 0.6 is 0 Å². The molecule has 0 fully saturated rings. The van der Waals surface area contributed by atoms with Gasteiger partial charge in [-0.15, -0.1) is 0 Å². The minimum atomic E-state index is -0.454. The van der Waals surface area contributed by atoms with E-state index >= 15 is 0 Å². The van der Waals surface area contributed by atoms with Crippen LogP contribution in [0.15, 0.2) is 193 Å². The zero-order valence-electron chi connectivity index (χ0n) is 35.9. The van der Waals surface area contributed by atoms with Gasteiger partial charge in [0.1, 0.15) is 0 Å². The Balaban J connectivity index is 1.24. The summed E-state index contributed by atoms with van der Waals surface area (Å²) in [5, 5.41) is 2.51. The molecule has 61 heavy (non-hydrogen) atoms. The summed E-state index contributed by atoms with van der Waals surface area (Å²) < 4.78 is 2.46. The smallest absolute Gasteiger partial charge is 0.0811 e. The molecule has 2 unspecified atom stereocenters. The van der Waals surface area contributed by atoms with E-state index in [4.69, 9.17) is 10.7 Å². The van der Waals surface area contributed by atoms with Gasteiger partial charge in [0.15, 0.2) is 0 Å². The summed E-state index contributed by atoms with van der Waals surface area (Å²) in [4.78, 5) is 5.18. The van der Waals surface area contributed by atoms with Crippen LogP contribution in [0.1, 0.15) is 59.7 Å². The normalized spacial score (nSPS) is 22.1. The zero-order valence-corrected chi connectivity index (χ0v) is 35.9. The second-order valence-corrected chi connectivity index (χ2v) is 17.3. The van der Waals surface area contributed by atoms with Crippen LogP contribution in [-0.2, 0) is 17.3 Å². The predicted octanol–water partition coefficient (Wildman–Crippen LogP) is 14.0. The fourth-order valence-corrected chi connectivity index (χ4v) is 9.98. The average Bonchev–Trinajstić information content (AvgIpc) is 3.83. The molecule has 9 rings (SSSR count). The number of benzene rings is 5. The van der Waals surface area contributed by atoms with Gasteiger partial charge in [0.05, 0.1) is 17.1 Å². The molecule has 0 saturated heterocycles. The third kappa shape index (κ3) is 6.75. The number of aromatic nitrogens is 1. The van der Waals surface area contributed by atoms with E-state index in [0.29, 0.717) is 0 Å². The van der Waals surface area contributed by atoms with E-state index in [2.05, 4.69) is 185 Å². The number of rotatable bonds is 8. The molecule has 0 aliphatic heterocycles. The Hall–Kier alpha value is -6.97. The number of allylic oxidation sites excluding steroid dienone is 13. The summed E-state index contributed by atoms with van der Waals surface area (Å²) in [6, 6.07) is 34.2. The third-order valence-corrected chi connectivity index (χ3v) is 13.2. The lowest BCUT2D eigenvalue weighted by Gasteiger charge is -2.34. The van der Waals surface area contributed by atoms with Crippen LogP contribution in [0.5, 0.6) is 0 Å². The van der Waals surface area contributed by atoms with Gasteiger partial charge in [0, 0.05) is 39.6 Å². The van der Waals surface area contributed by atoms with Crippen LogP contribution in [0, 0.1) is 13.8 Å². The van der Waals surface area contributed by atoms with Crippen molar-refractivity contribution in [3.05, 3.63) is 227 Å². The highest BCUT2D eigenvalue weighted by molar-refractivity contribution is 6.13. The molecule has 3 aliphatic carbocycles. The molecule has 1 aromatic heterocycles. The molecule has 0 bridgehead atoms. The first kappa shape index (κ1) is 39.5. The van der Waals surface area contributed by atoms with Crippen LogP contribution in [0.3, 0.4) is 0 Å². The number of para-hydroxylation sites is 1. The van der Waals surface area contributed by atoms with E-state index in [1.807, 2.05) is 36.6 Å². The second kappa shape index (κ2) is 15.9. The molecule has 0 radical (unpaired) electrons. The number of fused-ring (bicyclic) bond motifs is 7. The molecule has 3 heteroatoms. The van der Waals surface area contributed by atoms with Crippen molar-refractivity contribution in [3.8, 4) is 22.3 Å². The molecule has 5 aromatic carbocycles. The summed E-state index contributed by atoms with van der Waals surface area (Å²) in [5.41, 5.74) is 24.2. The highest BCUT2D eigenvalue weighted by atomic mass is 15.0. The maximum Gasteiger partial charge on any atom is 0.0811 e. The summed E-state index contributed by atoms with van der Waals surface area (Å²) in [5.74, 6) is 0. The predicted molar refractivity (Wildman–Crippen MR) is 263 cm³/mol. The third-order valence-electron chi connectivity index (χ3n) is 13.2. The lowest BCUT2D eigenvalue weighted by Crippen LogP contribution is -2.33. The van der Waals surface area contributed by atoms with Gasteiger partial charge < -0.3 is 10.3 Å². The largest absolute Gasteiger partial charge is 0.405 e.